The maximum Gasteiger partial charge on any atom is 0.291 e. The first-order valence-electron chi connectivity index (χ1n) is 10.2. The molecule has 0 radical (unpaired) electrons. The number of fused-ring (bicyclic) bond motifs is 1. The van der Waals surface area contributed by atoms with Gasteiger partial charge >= 0.3 is 0 Å². The van der Waals surface area contributed by atoms with Crippen molar-refractivity contribution in [1.82, 2.24) is 10.2 Å². The summed E-state index contributed by atoms with van der Waals surface area (Å²) in [7, 11) is 0. The summed E-state index contributed by atoms with van der Waals surface area (Å²) in [5, 5.41) is 15.8. The molecule has 32 heavy (non-hydrogen) atoms. The number of benzene rings is 2. The molecule has 162 valence electrons. The average molecular weight is 465 g/mol. The van der Waals surface area contributed by atoms with Gasteiger partial charge in [0.2, 0.25) is 5.91 Å². The van der Waals surface area contributed by atoms with E-state index in [4.69, 9.17) is 4.42 Å². The predicted octanol–water partition coefficient (Wildman–Crippen LogP) is 5.49. The summed E-state index contributed by atoms with van der Waals surface area (Å²) in [6.45, 7) is 1.91. The van der Waals surface area contributed by atoms with Gasteiger partial charge in [0.05, 0.1) is 0 Å². The SMILES string of the molecule is Cc1nnc(SCc2c(C(=O)Nc3ccc(NC(=O)C4CC4)cc3)oc3ccccc23)s1. The molecule has 2 aromatic heterocycles. The van der Waals surface area contributed by atoms with Crippen molar-refractivity contribution in [2.75, 3.05) is 10.6 Å². The summed E-state index contributed by atoms with van der Waals surface area (Å²) in [4.78, 5) is 25.0. The molecule has 1 aliphatic carbocycles. The van der Waals surface area contributed by atoms with Crippen LogP contribution in [-0.2, 0) is 10.5 Å². The van der Waals surface area contributed by atoms with E-state index in [0.717, 1.165) is 33.1 Å². The molecule has 1 fully saturated rings. The topological polar surface area (TPSA) is 97.1 Å². The van der Waals surface area contributed by atoms with Crippen molar-refractivity contribution in [2.24, 2.45) is 5.92 Å². The van der Waals surface area contributed by atoms with E-state index in [2.05, 4.69) is 20.8 Å². The monoisotopic (exact) mass is 464 g/mol. The molecule has 2 N–H and O–H groups in total. The Kier molecular flexibility index (Phi) is 5.67. The number of nitrogens with zero attached hydrogens (tertiary/aromatic N) is 2. The fourth-order valence-electron chi connectivity index (χ4n) is 3.31. The van der Waals surface area contributed by atoms with E-state index in [-0.39, 0.29) is 23.5 Å². The highest BCUT2D eigenvalue weighted by Crippen LogP contribution is 2.34. The van der Waals surface area contributed by atoms with Gasteiger partial charge in [0.15, 0.2) is 10.1 Å². The number of hydrogen-bond acceptors (Lipinski definition) is 7. The van der Waals surface area contributed by atoms with Crippen molar-refractivity contribution in [3.63, 3.8) is 0 Å². The van der Waals surface area contributed by atoms with Crippen LogP contribution in [0.1, 0.15) is 34.0 Å². The number of anilines is 2. The minimum Gasteiger partial charge on any atom is -0.451 e. The number of aryl methyl sites for hydroxylation is 1. The van der Waals surface area contributed by atoms with E-state index in [9.17, 15) is 9.59 Å². The zero-order valence-electron chi connectivity index (χ0n) is 17.3. The number of nitrogens with one attached hydrogen (secondary N) is 2. The van der Waals surface area contributed by atoms with Gasteiger partial charge in [-0.15, -0.1) is 10.2 Å². The Balaban J connectivity index is 1.33. The second-order valence-electron chi connectivity index (χ2n) is 7.58. The third-order valence-corrected chi connectivity index (χ3v) is 7.11. The van der Waals surface area contributed by atoms with Crippen molar-refractivity contribution in [2.45, 2.75) is 29.9 Å². The van der Waals surface area contributed by atoms with E-state index >= 15 is 0 Å². The van der Waals surface area contributed by atoms with Crippen LogP contribution in [0.2, 0.25) is 0 Å². The lowest BCUT2D eigenvalue weighted by atomic mass is 10.1. The molecule has 0 spiro atoms. The predicted molar refractivity (Wildman–Crippen MR) is 126 cm³/mol. The minimum absolute atomic E-state index is 0.0526. The smallest absolute Gasteiger partial charge is 0.291 e. The van der Waals surface area contributed by atoms with Gasteiger partial charge < -0.3 is 15.1 Å². The quantitative estimate of drug-likeness (QED) is 0.351. The van der Waals surface area contributed by atoms with Crippen LogP contribution >= 0.6 is 23.1 Å². The Morgan fingerprint density at radius 1 is 1.06 bits per heavy atom. The number of carbonyl (C=O) groups is 2. The molecule has 5 rings (SSSR count). The second-order valence-corrected chi connectivity index (χ2v) is 9.98. The zero-order valence-corrected chi connectivity index (χ0v) is 18.9. The first kappa shape index (κ1) is 20.7. The molecule has 2 aromatic carbocycles. The lowest BCUT2D eigenvalue weighted by molar-refractivity contribution is -0.117. The molecular weight excluding hydrogens is 444 g/mol. The van der Waals surface area contributed by atoms with Gasteiger partial charge in [-0.25, -0.2) is 0 Å². The fraction of sp³-hybridized carbons (Fsp3) is 0.217. The van der Waals surface area contributed by atoms with Crippen LogP contribution in [0.15, 0.2) is 57.3 Å². The fourth-order valence-corrected chi connectivity index (χ4v) is 5.15. The molecule has 0 saturated heterocycles. The number of carbonyl (C=O) groups excluding carboxylic acids is 2. The van der Waals surface area contributed by atoms with E-state index in [1.807, 2.05) is 31.2 Å². The lowest BCUT2D eigenvalue weighted by Gasteiger charge is -2.08. The molecule has 2 amide bonds. The van der Waals surface area contributed by atoms with E-state index < -0.39 is 0 Å². The largest absolute Gasteiger partial charge is 0.451 e. The second kappa shape index (κ2) is 8.76. The molecular formula is C23H20N4O3S2. The highest BCUT2D eigenvalue weighted by Gasteiger charge is 2.29. The van der Waals surface area contributed by atoms with Crippen molar-refractivity contribution in [3.8, 4) is 0 Å². The summed E-state index contributed by atoms with van der Waals surface area (Å²) >= 11 is 3.05. The number of hydrogen-bond donors (Lipinski definition) is 2. The number of aromatic nitrogens is 2. The Morgan fingerprint density at radius 3 is 2.47 bits per heavy atom. The summed E-state index contributed by atoms with van der Waals surface area (Å²) in [5.74, 6) is 0.700. The first-order valence-corrected chi connectivity index (χ1v) is 12.0. The summed E-state index contributed by atoms with van der Waals surface area (Å²) in [6, 6.07) is 14.7. The van der Waals surface area contributed by atoms with Gasteiger partial charge in [0.1, 0.15) is 10.6 Å². The number of rotatable bonds is 7. The van der Waals surface area contributed by atoms with Gasteiger partial charge in [-0.3, -0.25) is 9.59 Å². The molecule has 1 aliphatic rings. The standard InChI is InChI=1S/C23H20N4O3S2/c1-13-26-27-23(32-13)31-12-18-17-4-2-3-5-19(17)30-20(18)22(29)25-16-10-8-15(9-11-16)24-21(28)14-6-7-14/h2-5,8-11,14H,6-7,12H2,1H3,(H,24,28)(H,25,29). The van der Waals surface area contributed by atoms with Gasteiger partial charge in [-0.05, 0) is 50.1 Å². The van der Waals surface area contributed by atoms with Gasteiger partial charge in [-0.2, -0.15) is 0 Å². The summed E-state index contributed by atoms with van der Waals surface area (Å²) < 4.78 is 6.77. The third-order valence-electron chi connectivity index (χ3n) is 5.11. The first-order chi connectivity index (χ1) is 15.6. The Hall–Kier alpha value is -3.17. The zero-order chi connectivity index (χ0) is 22.1. The molecule has 7 nitrogen and oxygen atoms in total. The highest BCUT2D eigenvalue weighted by molar-refractivity contribution is 8.00. The maximum absolute atomic E-state index is 13.1. The molecule has 0 atom stereocenters. The summed E-state index contributed by atoms with van der Waals surface area (Å²) in [6.07, 6.45) is 1.91. The third kappa shape index (κ3) is 4.53. The van der Waals surface area contributed by atoms with E-state index in [1.54, 1.807) is 24.3 Å². The van der Waals surface area contributed by atoms with E-state index in [0.29, 0.717) is 22.7 Å². The lowest BCUT2D eigenvalue weighted by Crippen LogP contribution is -2.14. The van der Waals surface area contributed by atoms with Crippen LogP contribution in [0, 0.1) is 12.8 Å². The number of para-hydroxylation sites is 1. The molecule has 1 saturated carbocycles. The van der Waals surface area contributed by atoms with E-state index in [1.165, 1.54) is 23.1 Å². The minimum atomic E-state index is -0.319. The van der Waals surface area contributed by atoms with Crippen molar-refractivity contribution >= 4 is 57.3 Å². The molecule has 9 heteroatoms. The Labute approximate surface area is 192 Å². The van der Waals surface area contributed by atoms with Crippen LogP contribution in [0.25, 0.3) is 11.0 Å². The van der Waals surface area contributed by atoms with Gasteiger partial charge in [0.25, 0.3) is 5.91 Å². The Morgan fingerprint density at radius 2 is 1.78 bits per heavy atom. The normalized spacial score (nSPS) is 13.3. The van der Waals surface area contributed by atoms with Crippen LogP contribution in [0.3, 0.4) is 0 Å². The van der Waals surface area contributed by atoms with Gasteiger partial charge in [-0.1, -0.05) is 41.3 Å². The van der Waals surface area contributed by atoms with Crippen LogP contribution in [-0.4, -0.2) is 22.0 Å². The van der Waals surface area contributed by atoms with Crippen molar-refractivity contribution < 1.29 is 14.0 Å². The van der Waals surface area contributed by atoms with Crippen molar-refractivity contribution in [3.05, 3.63) is 64.9 Å². The Bertz CT molecular complexity index is 1290. The number of thioether (sulfide) groups is 1. The van der Waals surface area contributed by atoms with Crippen molar-refractivity contribution in [1.29, 1.82) is 0 Å². The molecule has 0 unspecified atom stereocenters. The number of amides is 2. The van der Waals surface area contributed by atoms with Crippen LogP contribution < -0.4 is 10.6 Å². The molecule has 2 heterocycles. The summed E-state index contributed by atoms with van der Waals surface area (Å²) in [5.41, 5.74) is 2.83. The maximum atomic E-state index is 13.1. The average Bonchev–Trinajstić information content (AvgIpc) is 3.47. The molecule has 0 aliphatic heterocycles. The molecule has 4 aromatic rings. The van der Waals surface area contributed by atoms with Crippen LogP contribution in [0.5, 0.6) is 0 Å². The molecule has 0 bridgehead atoms. The van der Waals surface area contributed by atoms with Gasteiger partial charge in [0, 0.05) is 34.0 Å². The highest BCUT2D eigenvalue weighted by atomic mass is 32.2. The van der Waals surface area contributed by atoms with Crippen LogP contribution in [0.4, 0.5) is 11.4 Å². The number of furan rings is 1.